The van der Waals surface area contributed by atoms with Crippen molar-refractivity contribution in [2.45, 2.75) is 33.6 Å². The molecule has 1 aromatic carbocycles. The number of ketones is 1. The van der Waals surface area contributed by atoms with Gasteiger partial charge in [-0.2, -0.15) is 0 Å². The Bertz CT molecular complexity index is 378. The van der Waals surface area contributed by atoms with Gasteiger partial charge in [0.2, 0.25) is 0 Å². The van der Waals surface area contributed by atoms with Gasteiger partial charge >= 0.3 is 0 Å². The molecule has 0 unspecified atom stereocenters. The fourth-order valence-corrected chi connectivity index (χ4v) is 1.67. The van der Waals surface area contributed by atoms with Crippen LogP contribution in [0.1, 0.15) is 49.5 Å². The third kappa shape index (κ3) is 2.63. The summed E-state index contributed by atoms with van der Waals surface area (Å²) in [6.07, 6.45) is 0. The van der Waals surface area contributed by atoms with Gasteiger partial charge < -0.3 is 4.74 Å². The van der Waals surface area contributed by atoms with Gasteiger partial charge in [-0.15, -0.1) is 0 Å². The number of carbonyl (C=O) groups excluding carboxylic acids is 1. The van der Waals surface area contributed by atoms with E-state index in [0.29, 0.717) is 5.92 Å². The Kier molecular flexibility index (Phi) is 4.11. The topological polar surface area (TPSA) is 26.3 Å². The number of rotatable bonds is 4. The summed E-state index contributed by atoms with van der Waals surface area (Å²) in [5, 5.41) is 0. The van der Waals surface area contributed by atoms with Crippen LogP contribution in [0.15, 0.2) is 18.2 Å². The Morgan fingerprint density at radius 2 is 1.81 bits per heavy atom. The Morgan fingerprint density at radius 1 is 1.19 bits per heavy atom. The third-order valence-corrected chi connectivity index (χ3v) is 2.66. The highest BCUT2D eigenvalue weighted by molar-refractivity contribution is 5.97. The molecule has 0 saturated heterocycles. The summed E-state index contributed by atoms with van der Waals surface area (Å²) < 4.78 is 5.29. The van der Waals surface area contributed by atoms with Gasteiger partial charge in [0.25, 0.3) is 0 Å². The molecular formula is C14H20O2. The molecule has 0 radical (unpaired) electrons. The number of hydrogen-bond acceptors (Lipinski definition) is 2. The van der Waals surface area contributed by atoms with Crippen LogP contribution >= 0.6 is 0 Å². The molecule has 0 heterocycles. The highest BCUT2D eigenvalue weighted by Crippen LogP contribution is 2.28. The van der Waals surface area contributed by atoms with Gasteiger partial charge in [-0.1, -0.05) is 27.7 Å². The summed E-state index contributed by atoms with van der Waals surface area (Å²) in [6.45, 7) is 8.03. The molecule has 88 valence electrons. The highest BCUT2D eigenvalue weighted by Gasteiger charge is 2.14. The zero-order valence-corrected chi connectivity index (χ0v) is 10.7. The van der Waals surface area contributed by atoms with Gasteiger partial charge in [0.15, 0.2) is 5.78 Å². The summed E-state index contributed by atoms with van der Waals surface area (Å²) in [5.41, 5.74) is 1.87. The molecule has 2 nitrogen and oxygen atoms in total. The van der Waals surface area contributed by atoms with Crippen LogP contribution in [-0.4, -0.2) is 12.9 Å². The van der Waals surface area contributed by atoms with E-state index >= 15 is 0 Å². The predicted molar refractivity (Wildman–Crippen MR) is 66.3 cm³/mol. The molecule has 0 aromatic heterocycles. The fraction of sp³-hybridized carbons (Fsp3) is 0.500. The van der Waals surface area contributed by atoms with Crippen LogP contribution in [-0.2, 0) is 0 Å². The lowest BCUT2D eigenvalue weighted by Gasteiger charge is -2.13. The Morgan fingerprint density at radius 3 is 2.25 bits per heavy atom. The minimum atomic E-state index is 0.0356. The lowest BCUT2D eigenvalue weighted by atomic mass is 9.95. The first-order valence-corrected chi connectivity index (χ1v) is 5.69. The maximum absolute atomic E-state index is 11.9. The maximum atomic E-state index is 11.9. The van der Waals surface area contributed by atoms with E-state index in [2.05, 4.69) is 13.8 Å². The van der Waals surface area contributed by atoms with Crippen LogP contribution in [0.5, 0.6) is 5.75 Å². The van der Waals surface area contributed by atoms with Crippen LogP contribution in [0, 0.1) is 5.92 Å². The van der Waals surface area contributed by atoms with Crippen molar-refractivity contribution in [3.63, 3.8) is 0 Å². The number of hydrogen-bond donors (Lipinski definition) is 0. The van der Waals surface area contributed by atoms with Gasteiger partial charge in [0, 0.05) is 11.5 Å². The van der Waals surface area contributed by atoms with Crippen LogP contribution in [0.3, 0.4) is 0 Å². The first-order valence-electron chi connectivity index (χ1n) is 5.69. The quantitative estimate of drug-likeness (QED) is 0.724. The normalized spacial score (nSPS) is 10.9. The van der Waals surface area contributed by atoms with Crippen molar-refractivity contribution in [1.29, 1.82) is 0 Å². The van der Waals surface area contributed by atoms with E-state index in [9.17, 15) is 4.79 Å². The number of ether oxygens (including phenoxy) is 1. The lowest BCUT2D eigenvalue weighted by molar-refractivity contribution is 0.0939. The second-order valence-corrected chi connectivity index (χ2v) is 4.63. The summed E-state index contributed by atoms with van der Waals surface area (Å²) >= 11 is 0. The van der Waals surface area contributed by atoms with Gasteiger partial charge in [-0.3, -0.25) is 4.79 Å². The van der Waals surface area contributed by atoms with E-state index in [4.69, 9.17) is 4.74 Å². The lowest BCUT2D eigenvalue weighted by Crippen LogP contribution is -2.08. The van der Waals surface area contributed by atoms with Crippen molar-refractivity contribution in [3.05, 3.63) is 29.3 Å². The Balaban J connectivity index is 3.17. The van der Waals surface area contributed by atoms with Gasteiger partial charge in [-0.05, 0) is 29.7 Å². The van der Waals surface area contributed by atoms with Crippen LogP contribution in [0.25, 0.3) is 0 Å². The van der Waals surface area contributed by atoms with Crippen molar-refractivity contribution < 1.29 is 9.53 Å². The van der Waals surface area contributed by atoms with Crippen molar-refractivity contribution in [2.75, 3.05) is 7.11 Å². The first kappa shape index (κ1) is 12.8. The van der Waals surface area contributed by atoms with E-state index in [0.717, 1.165) is 16.9 Å². The number of carbonyl (C=O) groups is 1. The molecule has 0 aliphatic rings. The Hall–Kier alpha value is -1.31. The van der Waals surface area contributed by atoms with Gasteiger partial charge in [-0.25, -0.2) is 0 Å². The zero-order chi connectivity index (χ0) is 12.3. The van der Waals surface area contributed by atoms with Gasteiger partial charge in [0.05, 0.1) is 7.11 Å². The van der Waals surface area contributed by atoms with E-state index in [1.807, 2.05) is 32.0 Å². The van der Waals surface area contributed by atoms with Crippen molar-refractivity contribution in [3.8, 4) is 5.75 Å². The average Bonchev–Trinajstić information content (AvgIpc) is 2.26. The molecule has 1 aromatic rings. The smallest absolute Gasteiger partial charge is 0.165 e. The Labute approximate surface area is 97.6 Å². The number of methoxy groups -OCH3 is 1. The summed E-state index contributed by atoms with van der Waals surface area (Å²) in [6, 6.07) is 5.67. The molecule has 0 atom stereocenters. The highest BCUT2D eigenvalue weighted by atomic mass is 16.5. The third-order valence-electron chi connectivity index (χ3n) is 2.66. The molecular weight excluding hydrogens is 200 g/mol. The van der Waals surface area contributed by atoms with E-state index < -0.39 is 0 Å². The standard InChI is InChI=1S/C14H20O2/c1-9(2)12-8-11(14(15)10(3)4)6-7-13(12)16-5/h6-10H,1-5H3. The molecule has 0 aliphatic heterocycles. The van der Waals surface area contributed by atoms with E-state index in [-0.39, 0.29) is 11.7 Å². The first-order chi connectivity index (χ1) is 7.47. The van der Waals surface area contributed by atoms with Crippen LogP contribution in [0.2, 0.25) is 0 Å². The largest absolute Gasteiger partial charge is 0.496 e. The molecule has 0 amide bonds. The number of Topliss-reactive ketones (excluding diaryl/α,β-unsaturated/α-hetero) is 1. The average molecular weight is 220 g/mol. The van der Waals surface area contributed by atoms with E-state index in [1.54, 1.807) is 7.11 Å². The minimum absolute atomic E-state index is 0.0356. The SMILES string of the molecule is COc1ccc(C(=O)C(C)C)cc1C(C)C. The van der Waals surface area contributed by atoms with Crippen LogP contribution < -0.4 is 4.74 Å². The minimum Gasteiger partial charge on any atom is -0.496 e. The summed E-state index contributed by atoms with van der Waals surface area (Å²) in [5.74, 6) is 1.43. The van der Waals surface area contributed by atoms with Crippen molar-refractivity contribution in [1.82, 2.24) is 0 Å². The second-order valence-electron chi connectivity index (χ2n) is 4.63. The zero-order valence-electron chi connectivity index (χ0n) is 10.7. The van der Waals surface area contributed by atoms with Crippen molar-refractivity contribution in [2.24, 2.45) is 5.92 Å². The molecule has 0 bridgehead atoms. The molecule has 0 saturated carbocycles. The van der Waals surface area contributed by atoms with Gasteiger partial charge in [0.1, 0.15) is 5.75 Å². The monoisotopic (exact) mass is 220 g/mol. The molecule has 16 heavy (non-hydrogen) atoms. The predicted octanol–water partition coefficient (Wildman–Crippen LogP) is 3.66. The summed E-state index contributed by atoms with van der Waals surface area (Å²) in [4.78, 5) is 11.9. The fourth-order valence-electron chi connectivity index (χ4n) is 1.67. The van der Waals surface area contributed by atoms with Crippen molar-refractivity contribution >= 4 is 5.78 Å². The molecule has 0 aliphatic carbocycles. The van der Waals surface area contributed by atoms with Crippen LogP contribution in [0.4, 0.5) is 0 Å². The van der Waals surface area contributed by atoms with E-state index in [1.165, 1.54) is 0 Å². The summed E-state index contributed by atoms with van der Waals surface area (Å²) in [7, 11) is 1.66. The molecule has 2 heteroatoms. The molecule has 0 fully saturated rings. The molecule has 0 N–H and O–H groups in total. The molecule has 1 rings (SSSR count). The second kappa shape index (κ2) is 5.15. The molecule has 0 spiro atoms. The number of benzene rings is 1. The maximum Gasteiger partial charge on any atom is 0.165 e.